The van der Waals surface area contributed by atoms with Crippen LogP contribution in [0, 0.1) is 5.92 Å². The number of nitrogens with zero attached hydrogens (tertiary/aromatic N) is 1. The number of aliphatic hydroxyl groups excluding tert-OH is 1. The zero-order valence-electron chi connectivity index (χ0n) is 9.29. The van der Waals surface area contributed by atoms with E-state index in [1.54, 1.807) is 26.0 Å². The van der Waals surface area contributed by atoms with Crippen LogP contribution in [0.2, 0.25) is 0 Å². The number of aliphatic hydroxyl groups is 1. The van der Waals surface area contributed by atoms with Gasteiger partial charge >= 0.3 is 0 Å². The van der Waals surface area contributed by atoms with Gasteiger partial charge in [0.1, 0.15) is 0 Å². The van der Waals surface area contributed by atoms with Crippen molar-refractivity contribution in [3.63, 3.8) is 0 Å². The Hall–Kier alpha value is -0.980. The van der Waals surface area contributed by atoms with Gasteiger partial charge < -0.3 is 5.11 Å². The van der Waals surface area contributed by atoms with Crippen molar-refractivity contribution in [1.29, 1.82) is 0 Å². The van der Waals surface area contributed by atoms with Crippen molar-refractivity contribution >= 4 is 10.0 Å². The van der Waals surface area contributed by atoms with E-state index in [4.69, 9.17) is 5.11 Å². The molecule has 0 aliphatic rings. The van der Waals surface area contributed by atoms with Crippen LogP contribution >= 0.6 is 0 Å². The highest BCUT2D eigenvalue weighted by Crippen LogP contribution is 2.08. The number of hydrogen-bond acceptors (Lipinski definition) is 4. The molecule has 0 saturated carbocycles. The molecule has 2 unspecified atom stereocenters. The van der Waals surface area contributed by atoms with Gasteiger partial charge in [-0.2, -0.15) is 0 Å². The SMILES string of the molecule is CC(CO)C(C)NS(=O)(=O)c1ccccn1. The van der Waals surface area contributed by atoms with E-state index in [-0.39, 0.29) is 23.6 Å². The third kappa shape index (κ3) is 3.26. The van der Waals surface area contributed by atoms with Crippen LogP contribution < -0.4 is 4.72 Å². The number of sulfonamides is 1. The smallest absolute Gasteiger partial charge is 0.258 e. The molecule has 1 rings (SSSR count). The Morgan fingerprint density at radius 1 is 1.44 bits per heavy atom. The average molecular weight is 244 g/mol. The Morgan fingerprint density at radius 2 is 2.12 bits per heavy atom. The summed E-state index contributed by atoms with van der Waals surface area (Å²) in [6.07, 6.45) is 1.43. The molecule has 0 radical (unpaired) electrons. The molecule has 0 saturated heterocycles. The third-order valence-corrected chi connectivity index (χ3v) is 3.87. The second-order valence-electron chi connectivity index (χ2n) is 3.74. The monoisotopic (exact) mass is 244 g/mol. The summed E-state index contributed by atoms with van der Waals surface area (Å²) in [6.45, 7) is 3.42. The molecule has 1 heterocycles. The minimum atomic E-state index is -3.59. The number of pyridine rings is 1. The maximum atomic E-state index is 11.8. The largest absolute Gasteiger partial charge is 0.396 e. The first-order valence-corrected chi connectivity index (χ1v) is 6.50. The van der Waals surface area contributed by atoms with Crippen LogP contribution in [0.1, 0.15) is 13.8 Å². The first kappa shape index (κ1) is 13.1. The van der Waals surface area contributed by atoms with Gasteiger partial charge in [-0.25, -0.2) is 18.1 Å². The van der Waals surface area contributed by atoms with Crippen LogP contribution in [0.4, 0.5) is 0 Å². The molecule has 0 aliphatic carbocycles. The lowest BCUT2D eigenvalue weighted by Gasteiger charge is -2.18. The molecule has 2 atom stereocenters. The van der Waals surface area contributed by atoms with Crippen molar-refractivity contribution in [3.8, 4) is 0 Å². The zero-order chi connectivity index (χ0) is 12.2. The maximum absolute atomic E-state index is 11.8. The van der Waals surface area contributed by atoms with Gasteiger partial charge in [0.15, 0.2) is 5.03 Å². The molecule has 0 bridgehead atoms. The molecule has 0 aliphatic heterocycles. The minimum Gasteiger partial charge on any atom is -0.396 e. The Morgan fingerprint density at radius 3 is 2.62 bits per heavy atom. The van der Waals surface area contributed by atoms with Crippen molar-refractivity contribution in [2.24, 2.45) is 5.92 Å². The molecule has 0 amide bonds. The second kappa shape index (κ2) is 5.38. The van der Waals surface area contributed by atoms with Crippen molar-refractivity contribution in [2.75, 3.05) is 6.61 Å². The summed E-state index contributed by atoms with van der Waals surface area (Å²) in [7, 11) is -3.59. The van der Waals surface area contributed by atoms with E-state index in [0.29, 0.717) is 0 Å². The molecule has 0 aromatic carbocycles. The summed E-state index contributed by atoms with van der Waals surface area (Å²) in [5.41, 5.74) is 0. The van der Waals surface area contributed by atoms with Crippen molar-refractivity contribution < 1.29 is 13.5 Å². The normalized spacial score (nSPS) is 15.7. The van der Waals surface area contributed by atoms with E-state index < -0.39 is 10.0 Å². The van der Waals surface area contributed by atoms with Crippen LogP contribution in [0.15, 0.2) is 29.4 Å². The number of hydrogen-bond donors (Lipinski definition) is 2. The van der Waals surface area contributed by atoms with Gasteiger partial charge in [-0.3, -0.25) is 0 Å². The molecule has 6 heteroatoms. The molecule has 90 valence electrons. The van der Waals surface area contributed by atoms with Crippen LogP contribution in [0.25, 0.3) is 0 Å². The van der Waals surface area contributed by atoms with E-state index in [1.165, 1.54) is 12.3 Å². The fourth-order valence-electron chi connectivity index (χ4n) is 1.09. The molecule has 16 heavy (non-hydrogen) atoms. The van der Waals surface area contributed by atoms with Crippen LogP contribution in [-0.2, 0) is 10.0 Å². The predicted molar refractivity (Wildman–Crippen MR) is 60.3 cm³/mol. The molecule has 0 fully saturated rings. The fraction of sp³-hybridized carbons (Fsp3) is 0.500. The highest BCUT2D eigenvalue weighted by molar-refractivity contribution is 7.89. The number of rotatable bonds is 5. The van der Waals surface area contributed by atoms with Crippen molar-refractivity contribution in [2.45, 2.75) is 24.9 Å². The molecule has 1 aromatic heterocycles. The van der Waals surface area contributed by atoms with Crippen molar-refractivity contribution in [1.82, 2.24) is 9.71 Å². The Kier molecular flexibility index (Phi) is 4.40. The number of aromatic nitrogens is 1. The van der Waals surface area contributed by atoms with Gasteiger partial charge in [0.05, 0.1) is 0 Å². The summed E-state index contributed by atoms with van der Waals surface area (Å²) in [4.78, 5) is 3.78. The molecule has 5 nitrogen and oxygen atoms in total. The van der Waals surface area contributed by atoms with Crippen LogP contribution in [0.3, 0.4) is 0 Å². The Labute approximate surface area is 95.6 Å². The maximum Gasteiger partial charge on any atom is 0.258 e. The Balaban J connectivity index is 2.81. The Bertz CT molecular complexity index is 419. The minimum absolute atomic E-state index is 0.00742. The van der Waals surface area contributed by atoms with Gasteiger partial charge in [-0.05, 0) is 25.0 Å². The highest BCUT2D eigenvalue weighted by Gasteiger charge is 2.21. The van der Waals surface area contributed by atoms with Gasteiger partial charge in [-0.15, -0.1) is 0 Å². The lowest BCUT2D eigenvalue weighted by Crippen LogP contribution is -2.38. The first-order valence-electron chi connectivity index (χ1n) is 5.01. The lowest BCUT2D eigenvalue weighted by molar-refractivity contribution is 0.216. The molecular formula is C10H16N2O3S. The zero-order valence-corrected chi connectivity index (χ0v) is 10.1. The number of nitrogens with one attached hydrogen (secondary N) is 1. The predicted octanol–water partition coefficient (Wildman–Crippen LogP) is 0.377. The van der Waals surface area contributed by atoms with E-state index in [1.807, 2.05) is 0 Å². The topological polar surface area (TPSA) is 79.3 Å². The third-order valence-electron chi connectivity index (χ3n) is 2.40. The highest BCUT2D eigenvalue weighted by atomic mass is 32.2. The molecule has 1 aromatic rings. The summed E-state index contributed by atoms with van der Waals surface area (Å²) in [5, 5.41) is 8.91. The fourth-order valence-corrected chi connectivity index (χ4v) is 2.39. The molecular weight excluding hydrogens is 228 g/mol. The van der Waals surface area contributed by atoms with Crippen molar-refractivity contribution in [3.05, 3.63) is 24.4 Å². The average Bonchev–Trinajstić information content (AvgIpc) is 2.28. The quantitative estimate of drug-likeness (QED) is 0.784. The molecule has 0 spiro atoms. The van der Waals surface area contributed by atoms with Gasteiger partial charge in [0.2, 0.25) is 0 Å². The second-order valence-corrected chi connectivity index (χ2v) is 5.40. The summed E-state index contributed by atoms with van der Waals surface area (Å²) in [6, 6.07) is 4.36. The molecule has 2 N–H and O–H groups in total. The van der Waals surface area contributed by atoms with E-state index >= 15 is 0 Å². The van der Waals surface area contributed by atoms with Gasteiger partial charge in [0, 0.05) is 18.8 Å². The van der Waals surface area contributed by atoms with E-state index in [0.717, 1.165) is 0 Å². The van der Waals surface area contributed by atoms with Gasteiger partial charge in [-0.1, -0.05) is 13.0 Å². The van der Waals surface area contributed by atoms with E-state index in [2.05, 4.69) is 9.71 Å². The standard InChI is InChI=1S/C10H16N2O3S/c1-8(7-13)9(2)12-16(14,15)10-5-3-4-6-11-10/h3-6,8-9,12-13H,7H2,1-2H3. The van der Waals surface area contributed by atoms with Gasteiger partial charge in [0.25, 0.3) is 10.0 Å². The summed E-state index contributed by atoms with van der Waals surface area (Å²) < 4.78 is 26.1. The summed E-state index contributed by atoms with van der Waals surface area (Å²) >= 11 is 0. The first-order chi connectivity index (χ1) is 7.47. The lowest BCUT2D eigenvalue weighted by atomic mass is 10.1. The van der Waals surface area contributed by atoms with Crippen LogP contribution in [0.5, 0.6) is 0 Å². The van der Waals surface area contributed by atoms with Crippen LogP contribution in [-0.4, -0.2) is 31.2 Å². The van der Waals surface area contributed by atoms with E-state index in [9.17, 15) is 8.42 Å². The summed E-state index contributed by atoms with van der Waals surface area (Å²) in [5.74, 6) is -0.140.